The van der Waals surface area contributed by atoms with E-state index in [9.17, 15) is 0 Å². The normalized spacial score (nSPS) is 25.9. The summed E-state index contributed by atoms with van der Waals surface area (Å²) in [5, 5.41) is 3.51. The Labute approximate surface area is 84.5 Å². The van der Waals surface area contributed by atoms with Gasteiger partial charge in [-0.15, -0.1) is 0 Å². The van der Waals surface area contributed by atoms with Gasteiger partial charge in [-0.05, 0) is 30.5 Å². The Bertz CT molecular complexity index is 314. The van der Waals surface area contributed by atoms with Crippen molar-refractivity contribution in [2.45, 2.75) is 25.4 Å². The first-order chi connectivity index (χ1) is 6.81. The molecule has 2 rings (SSSR count). The molecular formula is C11H16N2O. The predicted molar refractivity (Wildman–Crippen MR) is 55.2 cm³/mol. The van der Waals surface area contributed by atoms with E-state index in [-0.39, 0.29) is 0 Å². The standard InChI is InChI=1S/C11H16N2O/c1-8-5-9-3-4-12-6-10(9)11(13-8)7-14-2/h3-4,6,8,11,13H,5,7H2,1-2H3. The van der Waals surface area contributed by atoms with Crippen LogP contribution in [0.15, 0.2) is 18.5 Å². The number of hydrogen-bond acceptors (Lipinski definition) is 3. The lowest BCUT2D eigenvalue weighted by molar-refractivity contribution is 0.157. The highest BCUT2D eigenvalue weighted by molar-refractivity contribution is 5.30. The topological polar surface area (TPSA) is 34.1 Å². The average molecular weight is 192 g/mol. The lowest BCUT2D eigenvalue weighted by Gasteiger charge is -2.30. The summed E-state index contributed by atoms with van der Waals surface area (Å²) in [5.41, 5.74) is 2.68. The molecule has 14 heavy (non-hydrogen) atoms. The van der Waals surface area contributed by atoms with E-state index < -0.39 is 0 Å². The highest BCUT2D eigenvalue weighted by atomic mass is 16.5. The zero-order valence-corrected chi connectivity index (χ0v) is 8.66. The molecule has 2 atom stereocenters. The smallest absolute Gasteiger partial charge is 0.0658 e. The number of nitrogens with one attached hydrogen (secondary N) is 1. The number of hydrogen-bond donors (Lipinski definition) is 1. The van der Waals surface area contributed by atoms with Gasteiger partial charge in [-0.3, -0.25) is 4.98 Å². The van der Waals surface area contributed by atoms with Gasteiger partial charge >= 0.3 is 0 Å². The first-order valence-corrected chi connectivity index (χ1v) is 4.99. The number of rotatable bonds is 2. The molecular weight excluding hydrogens is 176 g/mol. The van der Waals surface area contributed by atoms with Crippen molar-refractivity contribution in [2.24, 2.45) is 0 Å². The van der Waals surface area contributed by atoms with Gasteiger partial charge in [0.05, 0.1) is 12.6 Å². The molecule has 2 heterocycles. The summed E-state index contributed by atoms with van der Waals surface area (Å²) in [6.07, 6.45) is 4.89. The van der Waals surface area contributed by atoms with Gasteiger partial charge in [-0.1, -0.05) is 0 Å². The molecule has 0 saturated heterocycles. The van der Waals surface area contributed by atoms with E-state index in [1.54, 1.807) is 7.11 Å². The molecule has 0 aliphatic carbocycles. The molecule has 0 radical (unpaired) electrons. The minimum Gasteiger partial charge on any atom is -0.383 e. The van der Waals surface area contributed by atoms with Gasteiger partial charge < -0.3 is 10.1 Å². The maximum absolute atomic E-state index is 5.20. The molecule has 0 aromatic carbocycles. The van der Waals surface area contributed by atoms with E-state index in [4.69, 9.17) is 4.74 Å². The highest BCUT2D eigenvalue weighted by Crippen LogP contribution is 2.24. The zero-order chi connectivity index (χ0) is 9.97. The van der Waals surface area contributed by atoms with Crippen molar-refractivity contribution in [1.29, 1.82) is 0 Å². The van der Waals surface area contributed by atoms with E-state index in [1.807, 2.05) is 12.4 Å². The summed E-state index contributed by atoms with van der Waals surface area (Å²) in [6.45, 7) is 2.91. The zero-order valence-electron chi connectivity index (χ0n) is 8.66. The second-order valence-corrected chi connectivity index (χ2v) is 3.85. The van der Waals surface area contributed by atoms with Crippen molar-refractivity contribution < 1.29 is 4.74 Å². The van der Waals surface area contributed by atoms with Gasteiger partial charge in [0.2, 0.25) is 0 Å². The summed E-state index contributed by atoms with van der Waals surface area (Å²) in [5.74, 6) is 0. The number of aromatic nitrogens is 1. The molecule has 1 aromatic rings. The molecule has 2 unspecified atom stereocenters. The maximum Gasteiger partial charge on any atom is 0.0658 e. The third kappa shape index (κ3) is 1.79. The third-order valence-corrected chi connectivity index (χ3v) is 2.67. The Morgan fingerprint density at radius 2 is 2.50 bits per heavy atom. The fourth-order valence-corrected chi connectivity index (χ4v) is 2.06. The molecule has 76 valence electrons. The number of fused-ring (bicyclic) bond motifs is 1. The van der Waals surface area contributed by atoms with Crippen molar-refractivity contribution >= 4 is 0 Å². The molecule has 0 amide bonds. The summed E-state index contributed by atoms with van der Waals surface area (Å²) in [7, 11) is 1.73. The summed E-state index contributed by atoms with van der Waals surface area (Å²) in [6, 6.07) is 2.92. The average Bonchev–Trinajstić information content (AvgIpc) is 2.18. The second kappa shape index (κ2) is 4.07. The SMILES string of the molecule is COCC1NC(C)Cc2ccncc21. The van der Waals surface area contributed by atoms with Crippen LogP contribution in [0.5, 0.6) is 0 Å². The van der Waals surface area contributed by atoms with E-state index in [2.05, 4.69) is 23.3 Å². The fourth-order valence-electron chi connectivity index (χ4n) is 2.06. The van der Waals surface area contributed by atoms with Gasteiger partial charge in [-0.25, -0.2) is 0 Å². The Kier molecular flexibility index (Phi) is 2.79. The van der Waals surface area contributed by atoms with Crippen LogP contribution in [0.2, 0.25) is 0 Å². The number of ether oxygens (including phenoxy) is 1. The van der Waals surface area contributed by atoms with E-state index in [0.717, 1.165) is 6.42 Å². The molecule has 1 aliphatic heterocycles. The van der Waals surface area contributed by atoms with Crippen LogP contribution in [0.1, 0.15) is 24.1 Å². The van der Waals surface area contributed by atoms with Gasteiger partial charge in [0.15, 0.2) is 0 Å². The number of nitrogens with zero attached hydrogens (tertiary/aromatic N) is 1. The lowest BCUT2D eigenvalue weighted by Crippen LogP contribution is -2.39. The molecule has 1 aromatic heterocycles. The third-order valence-electron chi connectivity index (χ3n) is 2.67. The van der Waals surface area contributed by atoms with Crippen LogP contribution in [0, 0.1) is 0 Å². The summed E-state index contributed by atoms with van der Waals surface area (Å²) in [4.78, 5) is 4.16. The van der Waals surface area contributed by atoms with Crippen molar-refractivity contribution in [3.8, 4) is 0 Å². The highest BCUT2D eigenvalue weighted by Gasteiger charge is 2.23. The van der Waals surface area contributed by atoms with Gasteiger partial charge in [-0.2, -0.15) is 0 Å². The predicted octanol–water partition coefficient (Wildman–Crippen LogP) is 1.30. The molecule has 1 aliphatic rings. The lowest BCUT2D eigenvalue weighted by atomic mass is 9.93. The van der Waals surface area contributed by atoms with Crippen molar-refractivity contribution in [1.82, 2.24) is 10.3 Å². The Balaban J connectivity index is 2.28. The molecule has 0 spiro atoms. The molecule has 0 fully saturated rings. The first kappa shape index (κ1) is 9.62. The Hall–Kier alpha value is -0.930. The molecule has 1 N–H and O–H groups in total. The minimum atomic E-state index is 0.299. The van der Waals surface area contributed by atoms with Crippen LogP contribution in [-0.2, 0) is 11.2 Å². The second-order valence-electron chi connectivity index (χ2n) is 3.85. The van der Waals surface area contributed by atoms with E-state index >= 15 is 0 Å². The maximum atomic E-state index is 5.20. The first-order valence-electron chi connectivity index (χ1n) is 4.99. The Morgan fingerprint density at radius 1 is 1.64 bits per heavy atom. The molecule has 3 nitrogen and oxygen atoms in total. The molecule has 3 heteroatoms. The fraction of sp³-hybridized carbons (Fsp3) is 0.545. The molecule has 0 bridgehead atoms. The van der Waals surface area contributed by atoms with E-state index in [1.165, 1.54) is 11.1 Å². The quantitative estimate of drug-likeness (QED) is 0.767. The van der Waals surface area contributed by atoms with Crippen LogP contribution in [0.4, 0.5) is 0 Å². The van der Waals surface area contributed by atoms with Crippen LogP contribution in [0.25, 0.3) is 0 Å². The van der Waals surface area contributed by atoms with Gasteiger partial charge in [0.1, 0.15) is 0 Å². The van der Waals surface area contributed by atoms with Crippen LogP contribution >= 0.6 is 0 Å². The van der Waals surface area contributed by atoms with Crippen LogP contribution in [0.3, 0.4) is 0 Å². The monoisotopic (exact) mass is 192 g/mol. The van der Waals surface area contributed by atoms with E-state index in [0.29, 0.717) is 18.7 Å². The minimum absolute atomic E-state index is 0.299. The molecule has 0 saturated carbocycles. The van der Waals surface area contributed by atoms with Crippen molar-refractivity contribution in [3.63, 3.8) is 0 Å². The van der Waals surface area contributed by atoms with Crippen molar-refractivity contribution in [2.75, 3.05) is 13.7 Å². The Morgan fingerprint density at radius 3 is 3.29 bits per heavy atom. The summed E-state index contributed by atoms with van der Waals surface area (Å²) < 4.78 is 5.20. The van der Waals surface area contributed by atoms with Crippen LogP contribution < -0.4 is 5.32 Å². The number of methoxy groups -OCH3 is 1. The van der Waals surface area contributed by atoms with Gasteiger partial charge in [0, 0.05) is 25.5 Å². The van der Waals surface area contributed by atoms with Crippen molar-refractivity contribution in [3.05, 3.63) is 29.6 Å². The summed E-state index contributed by atoms with van der Waals surface area (Å²) >= 11 is 0. The largest absolute Gasteiger partial charge is 0.383 e. The number of pyridine rings is 1. The van der Waals surface area contributed by atoms with Gasteiger partial charge in [0.25, 0.3) is 0 Å². The van der Waals surface area contributed by atoms with Crippen LogP contribution in [-0.4, -0.2) is 24.7 Å².